The van der Waals surface area contributed by atoms with E-state index in [0.29, 0.717) is 18.7 Å². The van der Waals surface area contributed by atoms with Gasteiger partial charge in [0.2, 0.25) is 10.0 Å². The highest BCUT2D eigenvalue weighted by Crippen LogP contribution is 2.22. The molecule has 1 saturated heterocycles. The van der Waals surface area contributed by atoms with Gasteiger partial charge in [-0.1, -0.05) is 25.0 Å². The lowest BCUT2D eigenvalue weighted by Gasteiger charge is -2.20. The van der Waals surface area contributed by atoms with Gasteiger partial charge in [-0.3, -0.25) is 0 Å². The molecule has 1 heterocycles. The standard InChI is InChI=1S/C21H24FNO4S/c1-16(17-6-10-19(22)11-7-17)27-21(24)18-8-12-20(13-9-18)28(25,26)23-14-4-2-3-5-15-23/h6-13,16H,2-5,14-15H2,1H3/t16-/m0/s1. The van der Waals surface area contributed by atoms with Gasteiger partial charge in [-0.2, -0.15) is 4.31 Å². The first-order valence-electron chi connectivity index (χ1n) is 9.44. The molecule has 0 unspecified atom stereocenters. The van der Waals surface area contributed by atoms with Crippen molar-refractivity contribution in [2.24, 2.45) is 0 Å². The summed E-state index contributed by atoms with van der Waals surface area (Å²) in [7, 11) is -3.55. The van der Waals surface area contributed by atoms with Crippen LogP contribution in [-0.2, 0) is 14.8 Å². The highest BCUT2D eigenvalue weighted by molar-refractivity contribution is 7.89. The molecular weight excluding hydrogens is 381 g/mol. The second-order valence-electron chi connectivity index (χ2n) is 6.94. The second-order valence-corrected chi connectivity index (χ2v) is 8.88. The molecule has 2 aromatic carbocycles. The van der Waals surface area contributed by atoms with Crippen LogP contribution in [0.4, 0.5) is 4.39 Å². The Bertz CT molecular complexity index is 902. The predicted molar refractivity (Wildman–Crippen MR) is 104 cm³/mol. The summed E-state index contributed by atoms with van der Waals surface area (Å²) >= 11 is 0. The van der Waals surface area contributed by atoms with Crippen molar-refractivity contribution in [3.05, 3.63) is 65.5 Å². The van der Waals surface area contributed by atoms with E-state index < -0.39 is 22.1 Å². The Morgan fingerprint density at radius 2 is 1.54 bits per heavy atom. The topological polar surface area (TPSA) is 63.7 Å². The van der Waals surface area contributed by atoms with E-state index in [1.807, 2.05) is 0 Å². The van der Waals surface area contributed by atoms with E-state index >= 15 is 0 Å². The molecule has 0 amide bonds. The van der Waals surface area contributed by atoms with Crippen LogP contribution >= 0.6 is 0 Å². The highest BCUT2D eigenvalue weighted by atomic mass is 32.2. The zero-order valence-electron chi connectivity index (χ0n) is 15.8. The number of sulfonamides is 1. The van der Waals surface area contributed by atoms with Gasteiger partial charge in [-0.25, -0.2) is 17.6 Å². The van der Waals surface area contributed by atoms with Crippen LogP contribution in [0.2, 0.25) is 0 Å². The Kier molecular flexibility index (Phi) is 6.46. The summed E-state index contributed by atoms with van der Waals surface area (Å²) in [6, 6.07) is 11.5. The Morgan fingerprint density at radius 3 is 2.11 bits per heavy atom. The zero-order chi connectivity index (χ0) is 20.1. The fourth-order valence-electron chi connectivity index (χ4n) is 3.22. The Hall–Kier alpha value is -2.25. The molecule has 28 heavy (non-hydrogen) atoms. The maximum Gasteiger partial charge on any atom is 0.338 e. The molecule has 0 radical (unpaired) electrons. The normalized spacial score (nSPS) is 16.9. The van der Waals surface area contributed by atoms with Crippen LogP contribution in [0.15, 0.2) is 53.4 Å². The molecule has 0 spiro atoms. The molecule has 7 heteroatoms. The van der Waals surface area contributed by atoms with Crippen LogP contribution in [0.25, 0.3) is 0 Å². The highest BCUT2D eigenvalue weighted by Gasteiger charge is 2.25. The lowest BCUT2D eigenvalue weighted by atomic mass is 10.1. The Balaban J connectivity index is 1.69. The number of ether oxygens (including phenoxy) is 1. The van der Waals surface area contributed by atoms with E-state index in [-0.39, 0.29) is 16.3 Å². The summed E-state index contributed by atoms with van der Waals surface area (Å²) in [4.78, 5) is 12.5. The summed E-state index contributed by atoms with van der Waals surface area (Å²) in [5, 5.41) is 0. The van der Waals surface area contributed by atoms with Crippen molar-refractivity contribution in [3.63, 3.8) is 0 Å². The Morgan fingerprint density at radius 1 is 0.964 bits per heavy atom. The van der Waals surface area contributed by atoms with E-state index in [9.17, 15) is 17.6 Å². The number of benzene rings is 2. The average molecular weight is 405 g/mol. The number of halogens is 1. The molecule has 1 aliphatic rings. The fourth-order valence-corrected chi connectivity index (χ4v) is 4.74. The molecule has 0 saturated carbocycles. The van der Waals surface area contributed by atoms with Crippen molar-refractivity contribution in [3.8, 4) is 0 Å². The quantitative estimate of drug-likeness (QED) is 0.696. The molecule has 0 bridgehead atoms. The summed E-state index contributed by atoms with van der Waals surface area (Å²) in [6.07, 6.45) is 3.27. The zero-order valence-corrected chi connectivity index (χ0v) is 16.6. The summed E-state index contributed by atoms with van der Waals surface area (Å²) in [5.41, 5.74) is 0.943. The SMILES string of the molecule is C[C@H](OC(=O)c1ccc(S(=O)(=O)N2CCCCCC2)cc1)c1ccc(F)cc1. The number of esters is 1. The largest absolute Gasteiger partial charge is 0.454 e. The number of carbonyl (C=O) groups excluding carboxylic acids is 1. The molecule has 1 atom stereocenters. The first kappa shape index (κ1) is 20.5. The molecule has 0 N–H and O–H groups in total. The number of hydrogen-bond acceptors (Lipinski definition) is 4. The monoisotopic (exact) mass is 405 g/mol. The molecule has 3 rings (SSSR count). The van der Waals surface area contributed by atoms with Gasteiger partial charge in [-0.15, -0.1) is 0 Å². The third kappa shape index (κ3) is 4.77. The van der Waals surface area contributed by atoms with Crippen LogP contribution in [0.1, 0.15) is 54.6 Å². The number of hydrogen-bond donors (Lipinski definition) is 0. The molecule has 150 valence electrons. The van der Waals surface area contributed by atoms with E-state index in [0.717, 1.165) is 25.7 Å². The molecule has 2 aromatic rings. The van der Waals surface area contributed by atoms with E-state index in [4.69, 9.17) is 4.74 Å². The number of rotatable bonds is 5. The molecular formula is C21H24FNO4S. The van der Waals surface area contributed by atoms with Crippen LogP contribution in [0.5, 0.6) is 0 Å². The third-order valence-electron chi connectivity index (χ3n) is 4.92. The molecule has 0 aliphatic carbocycles. The molecule has 1 fully saturated rings. The molecule has 0 aromatic heterocycles. The van der Waals surface area contributed by atoms with E-state index in [1.165, 1.54) is 40.7 Å². The maximum absolute atomic E-state index is 13.0. The molecule has 5 nitrogen and oxygen atoms in total. The van der Waals surface area contributed by atoms with E-state index in [1.54, 1.807) is 19.1 Å². The van der Waals surface area contributed by atoms with Gasteiger partial charge in [0.25, 0.3) is 0 Å². The fraction of sp³-hybridized carbons (Fsp3) is 0.381. The van der Waals surface area contributed by atoms with Crippen molar-refractivity contribution >= 4 is 16.0 Å². The smallest absolute Gasteiger partial charge is 0.338 e. The minimum Gasteiger partial charge on any atom is -0.454 e. The number of carbonyl (C=O) groups is 1. The van der Waals surface area contributed by atoms with Crippen LogP contribution in [0, 0.1) is 5.82 Å². The summed E-state index contributed by atoms with van der Waals surface area (Å²) in [5.74, 6) is -0.918. The van der Waals surface area contributed by atoms with Crippen molar-refractivity contribution in [1.29, 1.82) is 0 Å². The predicted octanol–water partition coefficient (Wildman–Crippen LogP) is 4.31. The van der Waals surface area contributed by atoms with Gasteiger partial charge in [0, 0.05) is 13.1 Å². The van der Waals surface area contributed by atoms with Crippen molar-refractivity contribution in [2.45, 2.75) is 43.6 Å². The summed E-state index contributed by atoms with van der Waals surface area (Å²) in [6.45, 7) is 2.76. The van der Waals surface area contributed by atoms with Crippen LogP contribution in [-0.4, -0.2) is 31.8 Å². The first-order chi connectivity index (χ1) is 13.4. The van der Waals surface area contributed by atoms with Gasteiger partial charge in [0.1, 0.15) is 11.9 Å². The van der Waals surface area contributed by atoms with Gasteiger partial charge < -0.3 is 4.74 Å². The minimum absolute atomic E-state index is 0.178. The van der Waals surface area contributed by atoms with Gasteiger partial charge in [-0.05, 0) is 61.7 Å². The maximum atomic E-state index is 13.0. The van der Waals surface area contributed by atoms with Gasteiger partial charge in [0.15, 0.2) is 0 Å². The lowest BCUT2D eigenvalue weighted by molar-refractivity contribution is 0.0337. The first-order valence-corrected chi connectivity index (χ1v) is 10.9. The van der Waals surface area contributed by atoms with Crippen LogP contribution < -0.4 is 0 Å². The second kappa shape index (κ2) is 8.84. The van der Waals surface area contributed by atoms with Crippen molar-refractivity contribution in [2.75, 3.05) is 13.1 Å². The van der Waals surface area contributed by atoms with Crippen LogP contribution in [0.3, 0.4) is 0 Å². The van der Waals surface area contributed by atoms with Gasteiger partial charge in [0.05, 0.1) is 10.5 Å². The van der Waals surface area contributed by atoms with E-state index in [2.05, 4.69) is 0 Å². The van der Waals surface area contributed by atoms with Crippen molar-refractivity contribution in [1.82, 2.24) is 4.31 Å². The van der Waals surface area contributed by atoms with Crippen molar-refractivity contribution < 1.29 is 22.3 Å². The minimum atomic E-state index is -3.55. The summed E-state index contributed by atoms with van der Waals surface area (Å²) < 4.78 is 45.5. The Labute approximate surface area is 165 Å². The number of nitrogens with zero attached hydrogens (tertiary/aromatic N) is 1. The van der Waals surface area contributed by atoms with Gasteiger partial charge >= 0.3 is 5.97 Å². The third-order valence-corrected chi connectivity index (χ3v) is 6.83. The molecule has 1 aliphatic heterocycles. The lowest BCUT2D eigenvalue weighted by Crippen LogP contribution is -2.31. The average Bonchev–Trinajstić information content (AvgIpc) is 2.98.